The molecule has 0 unspecified atom stereocenters. The van der Waals surface area contributed by atoms with Crippen LogP contribution in [0.2, 0.25) is 5.02 Å². The van der Waals surface area contributed by atoms with Gasteiger partial charge >= 0.3 is 0 Å². The zero-order valence-electron chi connectivity index (χ0n) is 21.5. The Labute approximate surface area is 230 Å². The van der Waals surface area contributed by atoms with E-state index in [1.807, 2.05) is 42.5 Å². The summed E-state index contributed by atoms with van der Waals surface area (Å²) in [6.45, 7) is 3.08. The second-order valence-electron chi connectivity index (χ2n) is 9.99. The van der Waals surface area contributed by atoms with Crippen molar-refractivity contribution < 1.29 is 9.90 Å². The molecule has 3 heterocycles. The molecule has 1 atom stereocenters. The molecule has 1 amide bonds. The lowest BCUT2D eigenvalue weighted by atomic mass is 9.97. The van der Waals surface area contributed by atoms with Gasteiger partial charge in [0.2, 0.25) is 5.91 Å². The molecule has 2 aromatic heterocycles. The van der Waals surface area contributed by atoms with Gasteiger partial charge in [-0.1, -0.05) is 42.8 Å². The summed E-state index contributed by atoms with van der Waals surface area (Å²) < 4.78 is 0. The summed E-state index contributed by atoms with van der Waals surface area (Å²) in [6, 6.07) is 18.4. The van der Waals surface area contributed by atoms with E-state index in [0.717, 1.165) is 56.7 Å². The third-order valence-corrected chi connectivity index (χ3v) is 7.65. The molecule has 9 heteroatoms. The molecule has 39 heavy (non-hydrogen) atoms. The summed E-state index contributed by atoms with van der Waals surface area (Å²) in [5, 5.41) is 19.2. The van der Waals surface area contributed by atoms with Crippen LogP contribution in [0.3, 0.4) is 0 Å². The highest BCUT2D eigenvalue weighted by Gasteiger charge is 2.28. The standard InChI is InChI=1S/C30H29ClN6O2/c1-2-18-14-21(38)8-10-22(18)19-5-9-23-26(15-19)35-36-28(23)29-33-25-11-12-37(16-27(25)34-29)30(39)24(32)13-17-3-6-20(31)7-4-17/h3-10,14-15,24,38H,2,11-13,16,32H2,1H3,(H,33,34)(H,35,36)/t24-/m0/s1. The predicted molar refractivity (Wildman–Crippen MR) is 152 cm³/mol. The van der Waals surface area contributed by atoms with E-state index in [0.29, 0.717) is 36.8 Å². The number of aromatic nitrogens is 4. The number of amides is 1. The fourth-order valence-electron chi connectivity index (χ4n) is 5.31. The van der Waals surface area contributed by atoms with Crippen LogP contribution in [0.15, 0.2) is 60.7 Å². The van der Waals surface area contributed by atoms with Gasteiger partial charge in [-0.25, -0.2) is 4.98 Å². The molecule has 0 aliphatic carbocycles. The molecule has 0 bridgehead atoms. The summed E-state index contributed by atoms with van der Waals surface area (Å²) in [5.74, 6) is 0.869. The number of benzene rings is 3. The zero-order valence-corrected chi connectivity index (χ0v) is 22.3. The van der Waals surface area contributed by atoms with Crippen molar-refractivity contribution in [2.24, 2.45) is 5.73 Å². The highest BCUT2D eigenvalue weighted by molar-refractivity contribution is 6.30. The number of carbonyl (C=O) groups is 1. The molecule has 1 aliphatic heterocycles. The second kappa shape index (κ2) is 10.2. The molecule has 0 saturated carbocycles. The van der Waals surface area contributed by atoms with E-state index in [-0.39, 0.29) is 11.7 Å². The first-order valence-corrected chi connectivity index (χ1v) is 13.4. The number of aryl methyl sites for hydroxylation is 1. The number of aromatic amines is 2. The van der Waals surface area contributed by atoms with Crippen LogP contribution in [0.4, 0.5) is 0 Å². The molecule has 3 aromatic carbocycles. The van der Waals surface area contributed by atoms with Crippen molar-refractivity contribution in [3.8, 4) is 28.4 Å². The molecule has 0 saturated heterocycles. The maximum Gasteiger partial charge on any atom is 0.240 e. The highest BCUT2D eigenvalue weighted by atomic mass is 35.5. The Bertz CT molecular complexity index is 1670. The monoisotopic (exact) mass is 540 g/mol. The van der Waals surface area contributed by atoms with Gasteiger partial charge in [0.25, 0.3) is 0 Å². The smallest absolute Gasteiger partial charge is 0.240 e. The van der Waals surface area contributed by atoms with Crippen LogP contribution in [0.5, 0.6) is 5.75 Å². The number of aromatic hydroxyl groups is 1. The van der Waals surface area contributed by atoms with Gasteiger partial charge in [-0.2, -0.15) is 5.10 Å². The Morgan fingerprint density at radius 1 is 1.15 bits per heavy atom. The van der Waals surface area contributed by atoms with E-state index in [9.17, 15) is 9.90 Å². The Morgan fingerprint density at radius 3 is 2.77 bits per heavy atom. The minimum atomic E-state index is -0.624. The van der Waals surface area contributed by atoms with Crippen LogP contribution in [0.25, 0.3) is 33.5 Å². The molecule has 6 rings (SSSR count). The Balaban J connectivity index is 1.21. The average Bonchev–Trinajstić information content (AvgIpc) is 3.56. The predicted octanol–water partition coefficient (Wildman–Crippen LogP) is 5.00. The number of phenols is 1. The van der Waals surface area contributed by atoms with Gasteiger partial charge < -0.3 is 20.7 Å². The van der Waals surface area contributed by atoms with Gasteiger partial charge in [0, 0.05) is 23.4 Å². The number of hydrogen-bond donors (Lipinski definition) is 4. The maximum atomic E-state index is 13.1. The molecule has 5 N–H and O–H groups in total. The van der Waals surface area contributed by atoms with Gasteiger partial charge in [-0.15, -0.1) is 0 Å². The highest BCUT2D eigenvalue weighted by Crippen LogP contribution is 2.33. The fraction of sp³-hybridized carbons (Fsp3) is 0.233. The summed E-state index contributed by atoms with van der Waals surface area (Å²) in [5.41, 5.74) is 14.0. The lowest BCUT2D eigenvalue weighted by molar-refractivity contribution is -0.133. The minimum Gasteiger partial charge on any atom is -0.508 e. The van der Waals surface area contributed by atoms with Gasteiger partial charge in [-0.3, -0.25) is 9.89 Å². The van der Waals surface area contributed by atoms with Crippen molar-refractivity contribution in [1.29, 1.82) is 0 Å². The first-order chi connectivity index (χ1) is 18.9. The first kappa shape index (κ1) is 25.2. The number of nitrogens with two attached hydrogens (primary N) is 1. The Morgan fingerprint density at radius 2 is 1.97 bits per heavy atom. The van der Waals surface area contributed by atoms with E-state index in [4.69, 9.17) is 22.3 Å². The van der Waals surface area contributed by atoms with Crippen molar-refractivity contribution in [2.75, 3.05) is 6.54 Å². The minimum absolute atomic E-state index is 0.0785. The van der Waals surface area contributed by atoms with Gasteiger partial charge in [0.1, 0.15) is 11.4 Å². The number of imidazole rings is 1. The van der Waals surface area contributed by atoms with Gasteiger partial charge in [0.05, 0.1) is 29.5 Å². The first-order valence-electron chi connectivity index (χ1n) is 13.1. The van der Waals surface area contributed by atoms with Crippen LogP contribution < -0.4 is 5.73 Å². The zero-order chi connectivity index (χ0) is 27.1. The molecule has 5 aromatic rings. The topological polar surface area (TPSA) is 124 Å². The van der Waals surface area contributed by atoms with Crippen molar-refractivity contribution >= 4 is 28.4 Å². The molecule has 198 valence electrons. The van der Waals surface area contributed by atoms with Crippen LogP contribution in [-0.4, -0.2) is 48.7 Å². The molecule has 0 fully saturated rings. The van der Waals surface area contributed by atoms with E-state index in [2.05, 4.69) is 34.2 Å². The second-order valence-corrected chi connectivity index (χ2v) is 10.4. The average molecular weight is 541 g/mol. The number of H-pyrrole nitrogens is 2. The van der Waals surface area contributed by atoms with Crippen molar-refractivity contribution in [1.82, 2.24) is 25.1 Å². The number of nitrogens with one attached hydrogen (secondary N) is 2. The number of nitrogens with zero attached hydrogens (tertiary/aromatic N) is 3. The van der Waals surface area contributed by atoms with Crippen LogP contribution in [0, 0.1) is 0 Å². The fourth-order valence-corrected chi connectivity index (χ4v) is 5.44. The lowest BCUT2D eigenvalue weighted by Gasteiger charge is -2.28. The quantitative estimate of drug-likeness (QED) is 0.241. The lowest BCUT2D eigenvalue weighted by Crippen LogP contribution is -2.46. The van der Waals surface area contributed by atoms with Gasteiger partial charge in [0.15, 0.2) is 5.82 Å². The van der Waals surface area contributed by atoms with Crippen molar-refractivity contribution in [2.45, 2.75) is 38.8 Å². The molecule has 0 radical (unpaired) electrons. The summed E-state index contributed by atoms with van der Waals surface area (Å²) in [6.07, 6.45) is 1.93. The van der Waals surface area contributed by atoms with E-state index in [1.54, 1.807) is 11.0 Å². The molecule has 1 aliphatic rings. The molecular formula is C30H29ClN6O2. The van der Waals surface area contributed by atoms with Crippen LogP contribution in [-0.2, 0) is 30.6 Å². The van der Waals surface area contributed by atoms with Crippen LogP contribution >= 0.6 is 11.6 Å². The normalized spacial score (nSPS) is 14.0. The number of carbonyl (C=O) groups excluding carboxylic acids is 1. The van der Waals surface area contributed by atoms with Gasteiger partial charge in [-0.05, 0) is 71.5 Å². The largest absolute Gasteiger partial charge is 0.508 e. The number of fused-ring (bicyclic) bond motifs is 2. The molecular weight excluding hydrogens is 512 g/mol. The summed E-state index contributed by atoms with van der Waals surface area (Å²) >= 11 is 5.97. The summed E-state index contributed by atoms with van der Waals surface area (Å²) in [4.78, 5) is 23.1. The molecule has 0 spiro atoms. The Hall–Kier alpha value is -4.14. The third-order valence-electron chi connectivity index (χ3n) is 7.40. The maximum absolute atomic E-state index is 13.1. The Kier molecular flexibility index (Phi) is 6.58. The van der Waals surface area contributed by atoms with E-state index >= 15 is 0 Å². The SMILES string of the molecule is CCc1cc(O)ccc1-c1ccc2c(-c3nc4c([nH]3)CN(C(=O)[C@@H](N)Cc3ccc(Cl)cc3)CC4)n[nH]c2c1. The number of rotatable bonds is 6. The number of hydrogen-bond acceptors (Lipinski definition) is 5. The van der Waals surface area contributed by atoms with Crippen molar-refractivity contribution in [3.05, 3.63) is 88.2 Å². The molecule has 8 nitrogen and oxygen atoms in total. The van der Waals surface area contributed by atoms with E-state index < -0.39 is 6.04 Å². The van der Waals surface area contributed by atoms with Crippen molar-refractivity contribution in [3.63, 3.8) is 0 Å². The van der Waals surface area contributed by atoms with Crippen LogP contribution in [0.1, 0.15) is 29.4 Å². The third kappa shape index (κ3) is 4.89. The number of phenolic OH excluding ortho intramolecular Hbond substituents is 1. The number of halogens is 1. The summed E-state index contributed by atoms with van der Waals surface area (Å²) in [7, 11) is 0. The van der Waals surface area contributed by atoms with E-state index in [1.165, 1.54) is 0 Å².